The maximum absolute atomic E-state index is 5.05. The van der Waals surface area contributed by atoms with Crippen molar-refractivity contribution in [2.45, 2.75) is 27.3 Å². The number of hydrogen-bond acceptors (Lipinski definition) is 4. The second kappa shape index (κ2) is 8.06. The van der Waals surface area contributed by atoms with Crippen LogP contribution < -0.4 is 10.6 Å². The summed E-state index contributed by atoms with van der Waals surface area (Å²) in [6.07, 6.45) is 1.94. The van der Waals surface area contributed by atoms with Gasteiger partial charge in [0.25, 0.3) is 0 Å². The molecule has 0 saturated heterocycles. The van der Waals surface area contributed by atoms with Crippen LogP contribution >= 0.6 is 0 Å². The molecule has 4 heteroatoms. The molecular weight excluding hydrogens is 226 g/mol. The van der Waals surface area contributed by atoms with Crippen LogP contribution in [0.5, 0.6) is 0 Å². The molecule has 0 spiro atoms. The predicted molar refractivity (Wildman–Crippen MR) is 75.9 cm³/mol. The quantitative estimate of drug-likeness (QED) is 0.695. The van der Waals surface area contributed by atoms with Crippen molar-refractivity contribution in [3.63, 3.8) is 0 Å². The van der Waals surface area contributed by atoms with Crippen LogP contribution in [-0.2, 0) is 11.3 Å². The zero-order chi connectivity index (χ0) is 13.4. The molecule has 0 bridgehead atoms. The SMILES string of the molecule is COCCNc1cc(C)ncc1CNCC(C)C. The van der Waals surface area contributed by atoms with Gasteiger partial charge in [-0.25, -0.2) is 0 Å². The molecule has 0 unspecified atom stereocenters. The lowest BCUT2D eigenvalue weighted by Crippen LogP contribution is -2.20. The Hall–Kier alpha value is -1.13. The van der Waals surface area contributed by atoms with Crippen molar-refractivity contribution in [1.82, 2.24) is 10.3 Å². The average molecular weight is 251 g/mol. The average Bonchev–Trinajstić information content (AvgIpc) is 2.32. The molecule has 18 heavy (non-hydrogen) atoms. The Labute approximate surface area is 110 Å². The predicted octanol–water partition coefficient (Wildman–Crippen LogP) is 2.19. The molecule has 1 aromatic heterocycles. The maximum atomic E-state index is 5.05. The summed E-state index contributed by atoms with van der Waals surface area (Å²) < 4.78 is 5.05. The number of aryl methyl sites for hydroxylation is 1. The molecular formula is C14H25N3O. The van der Waals surface area contributed by atoms with Gasteiger partial charge in [-0.05, 0) is 25.5 Å². The normalized spacial score (nSPS) is 10.9. The number of nitrogens with zero attached hydrogens (tertiary/aromatic N) is 1. The Kier molecular flexibility index (Phi) is 6.68. The van der Waals surface area contributed by atoms with Crippen molar-refractivity contribution in [3.05, 3.63) is 23.5 Å². The van der Waals surface area contributed by atoms with Crippen LogP contribution in [0.3, 0.4) is 0 Å². The summed E-state index contributed by atoms with van der Waals surface area (Å²) in [7, 11) is 1.71. The molecule has 0 aliphatic rings. The van der Waals surface area contributed by atoms with E-state index in [1.807, 2.05) is 13.1 Å². The molecule has 0 aromatic carbocycles. The number of hydrogen-bond donors (Lipinski definition) is 2. The molecule has 1 aromatic rings. The number of ether oxygens (including phenoxy) is 1. The second-order valence-corrected chi connectivity index (χ2v) is 4.93. The highest BCUT2D eigenvalue weighted by atomic mass is 16.5. The first-order chi connectivity index (χ1) is 8.63. The number of rotatable bonds is 8. The van der Waals surface area contributed by atoms with E-state index in [4.69, 9.17) is 4.74 Å². The first-order valence-electron chi connectivity index (χ1n) is 6.52. The Balaban J connectivity index is 2.58. The van der Waals surface area contributed by atoms with Crippen LogP contribution in [0.2, 0.25) is 0 Å². The molecule has 102 valence electrons. The number of anilines is 1. The van der Waals surface area contributed by atoms with Crippen molar-refractivity contribution in [1.29, 1.82) is 0 Å². The van der Waals surface area contributed by atoms with Gasteiger partial charge in [-0.2, -0.15) is 0 Å². The highest BCUT2D eigenvalue weighted by Gasteiger charge is 2.03. The smallest absolute Gasteiger partial charge is 0.0635 e. The second-order valence-electron chi connectivity index (χ2n) is 4.93. The Morgan fingerprint density at radius 1 is 1.39 bits per heavy atom. The van der Waals surface area contributed by atoms with Crippen LogP contribution in [0.4, 0.5) is 5.69 Å². The van der Waals surface area contributed by atoms with E-state index in [1.165, 1.54) is 5.56 Å². The third-order valence-electron chi connectivity index (χ3n) is 2.61. The van der Waals surface area contributed by atoms with E-state index in [0.717, 1.165) is 31.0 Å². The summed E-state index contributed by atoms with van der Waals surface area (Å²) >= 11 is 0. The fraction of sp³-hybridized carbons (Fsp3) is 0.643. The minimum absolute atomic E-state index is 0.660. The summed E-state index contributed by atoms with van der Waals surface area (Å²) in [5.41, 5.74) is 3.38. The lowest BCUT2D eigenvalue weighted by molar-refractivity contribution is 0.210. The molecule has 1 heterocycles. The first-order valence-corrected chi connectivity index (χ1v) is 6.52. The number of nitrogens with one attached hydrogen (secondary N) is 2. The Morgan fingerprint density at radius 2 is 2.17 bits per heavy atom. The highest BCUT2D eigenvalue weighted by molar-refractivity contribution is 5.51. The van der Waals surface area contributed by atoms with E-state index in [-0.39, 0.29) is 0 Å². The van der Waals surface area contributed by atoms with E-state index in [9.17, 15) is 0 Å². The van der Waals surface area contributed by atoms with E-state index in [2.05, 4.69) is 35.5 Å². The zero-order valence-corrected chi connectivity index (χ0v) is 11.9. The number of pyridine rings is 1. The summed E-state index contributed by atoms with van der Waals surface area (Å²) in [4.78, 5) is 4.35. The highest BCUT2D eigenvalue weighted by Crippen LogP contribution is 2.15. The summed E-state index contributed by atoms with van der Waals surface area (Å²) in [6.45, 7) is 9.81. The molecule has 1 rings (SSSR count). The topological polar surface area (TPSA) is 46.2 Å². The van der Waals surface area contributed by atoms with E-state index in [0.29, 0.717) is 12.5 Å². The minimum Gasteiger partial charge on any atom is -0.383 e. The largest absolute Gasteiger partial charge is 0.383 e. The van der Waals surface area contributed by atoms with E-state index < -0.39 is 0 Å². The molecule has 0 atom stereocenters. The third-order valence-corrected chi connectivity index (χ3v) is 2.61. The van der Waals surface area contributed by atoms with Crippen molar-refractivity contribution in [2.75, 3.05) is 32.1 Å². The van der Waals surface area contributed by atoms with Crippen molar-refractivity contribution >= 4 is 5.69 Å². The van der Waals surface area contributed by atoms with Crippen LogP contribution in [0.25, 0.3) is 0 Å². The van der Waals surface area contributed by atoms with Gasteiger partial charge in [-0.3, -0.25) is 4.98 Å². The fourth-order valence-electron chi connectivity index (χ4n) is 1.68. The van der Waals surface area contributed by atoms with Gasteiger partial charge >= 0.3 is 0 Å². The summed E-state index contributed by atoms with van der Waals surface area (Å²) in [6, 6.07) is 2.09. The first kappa shape index (κ1) is 14.9. The van der Waals surface area contributed by atoms with E-state index >= 15 is 0 Å². The van der Waals surface area contributed by atoms with Gasteiger partial charge in [0, 0.05) is 43.3 Å². The number of aromatic nitrogens is 1. The molecule has 0 radical (unpaired) electrons. The molecule has 0 fully saturated rings. The fourth-order valence-corrected chi connectivity index (χ4v) is 1.68. The summed E-state index contributed by atoms with van der Waals surface area (Å²) in [5.74, 6) is 0.660. The lowest BCUT2D eigenvalue weighted by Gasteiger charge is -2.14. The van der Waals surface area contributed by atoms with Crippen LogP contribution in [0.15, 0.2) is 12.3 Å². The third kappa shape index (κ3) is 5.47. The molecule has 2 N–H and O–H groups in total. The Morgan fingerprint density at radius 3 is 2.83 bits per heavy atom. The standard InChI is InChI=1S/C14H25N3O/c1-11(2)8-15-9-13-10-17-12(3)7-14(13)16-5-6-18-4/h7,10-11,15H,5-6,8-9H2,1-4H3,(H,16,17). The summed E-state index contributed by atoms with van der Waals surface area (Å²) in [5, 5.41) is 6.83. The van der Waals surface area contributed by atoms with Gasteiger partial charge in [-0.15, -0.1) is 0 Å². The lowest BCUT2D eigenvalue weighted by atomic mass is 10.2. The molecule has 0 aliphatic heterocycles. The number of methoxy groups -OCH3 is 1. The van der Waals surface area contributed by atoms with Gasteiger partial charge in [0.05, 0.1) is 6.61 Å². The van der Waals surface area contributed by atoms with E-state index in [1.54, 1.807) is 7.11 Å². The van der Waals surface area contributed by atoms with Crippen LogP contribution in [0.1, 0.15) is 25.1 Å². The van der Waals surface area contributed by atoms with Gasteiger partial charge in [-0.1, -0.05) is 13.8 Å². The maximum Gasteiger partial charge on any atom is 0.0635 e. The van der Waals surface area contributed by atoms with Gasteiger partial charge in [0.15, 0.2) is 0 Å². The van der Waals surface area contributed by atoms with Crippen molar-refractivity contribution < 1.29 is 4.74 Å². The molecule has 0 amide bonds. The van der Waals surface area contributed by atoms with Crippen molar-refractivity contribution in [2.24, 2.45) is 5.92 Å². The minimum atomic E-state index is 0.660. The van der Waals surface area contributed by atoms with Gasteiger partial charge in [0.2, 0.25) is 0 Å². The molecule has 4 nitrogen and oxygen atoms in total. The van der Waals surface area contributed by atoms with Gasteiger partial charge < -0.3 is 15.4 Å². The Bertz CT molecular complexity index is 353. The zero-order valence-electron chi connectivity index (χ0n) is 11.9. The van der Waals surface area contributed by atoms with Crippen molar-refractivity contribution in [3.8, 4) is 0 Å². The van der Waals surface area contributed by atoms with Gasteiger partial charge in [0.1, 0.15) is 0 Å². The van der Waals surface area contributed by atoms with Crippen LogP contribution in [-0.4, -0.2) is 31.8 Å². The van der Waals surface area contributed by atoms with Crippen LogP contribution in [0, 0.1) is 12.8 Å². The monoisotopic (exact) mass is 251 g/mol. The molecule has 0 saturated carbocycles. The molecule has 0 aliphatic carbocycles.